The van der Waals surface area contributed by atoms with E-state index in [1.807, 2.05) is 66.1 Å². The van der Waals surface area contributed by atoms with E-state index in [9.17, 15) is 18.0 Å². The Morgan fingerprint density at radius 3 is 2.08 bits per heavy atom. The van der Waals surface area contributed by atoms with Gasteiger partial charge in [-0.15, -0.1) is 0 Å². The van der Waals surface area contributed by atoms with E-state index in [-0.39, 0.29) is 22.8 Å². The lowest BCUT2D eigenvalue weighted by molar-refractivity contribution is 0.0527. The molecule has 0 radical (unpaired) electrons. The van der Waals surface area contributed by atoms with Gasteiger partial charge in [0.05, 0.1) is 28.1 Å². The summed E-state index contributed by atoms with van der Waals surface area (Å²) >= 11 is 0. The normalized spacial score (nSPS) is 11.7. The van der Waals surface area contributed by atoms with Crippen LogP contribution in [0.25, 0.3) is 27.4 Å². The van der Waals surface area contributed by atoms with Crippen molar-refractivity contribution in [3.05, 3.63) is 102 Å². The summed E-state index contributed by atoms with van der Waals surface area (Å²) in [5.41, 5.74) is 2.95. The van der Waals surface area contributed by atoms with Gasteiger partial charge in [0.15, 0.2) is 0 Å². The maximum absolute atomic E-state index is 13.2. The van der Waals surface area contributed by atoms with E-state index < -0.39 is 22.0 Å². The SMILES string of the molecule is CCOC(=O)c1c(C)n(-c2ccccc2)c2c1cc(OC(=O)c1ccc(S(=O)(=O)N(C)C)cc1)c1ccccc12. The summed E-state index contributed by atoms with van der Waals surface area (Å²) < 4.78 is 39.2. The molecule has 0 saturated heterocycles. The van der Waals surface area contributed by atoms with Crippen molar-refractivity contribution < 1.29 is 27.5 Å². The van der Waals surface area contributed by atoms with Crippen LogP contribution in [0, 0.1) is 6.92 Å². The molecular formula is C31H28N2O6S. The van der Waals surface area contributed by atoms with E-state index in [1.165, 1.54) is 38.4 Å². The summed E-state index contributed by atoms with van der Waals surface area (Å²) in [6, 6.07) is 24.5. The Hall–Kier alpha value is -4.47. The molecule has 0 aliphatic heterocycles. The molecule has 1 aromatic heterocycles. The number of aromatic nitrogens is 1. The largest absolute Gasteiger partial charge is 0.462 e. The van der Waals surface area contributed by atoms with Crippen LogP contribution in [0.4, 0.5) is 0 Å². The topological polar surface area (TPSA) is 94.9 Å². The van der Waals surface area contributed by atoms with Crippen LogP contribution >= 0.6 is 0 Å². The first kappa shape index (κ1) is 27.1. The fourth-order valence-corrected chi connectivity index (χ4v) is 5.71. The van der Waals surface area contributed by atoms with Crippen LogP contribution in [0.2, 0.25) is 0 Å². The third-order valence-electron chi connectivity index (χ3n) is 6.73. The van der Waals surface area contributed by atoms with Crippen LogP contribution in [0.3, 0.4) is 0 Å². The number of hydrogen-bond acceptors (Lipinski definition) is 6. The first-order valence-corrected chi connectivity index (χ1v) is 14.1. The number of ether oxygens (including phenoxy) is 2. The van der Waals surface area contributed by atoms with Gasteiger partial charge in [-0.2, -0.15) is 0 Å². The fraction of sp³-hybridized carbons (Fsp3) is 0.161. The number of hydrogen-bond donors (Lipinski definition) is 0. The van der Waals surface area contributed by atoms with Gasteiger partial charge in [0.25, 0.3) is 0 Å². The van der Waals surface area contributed by atoms with E-state index in [1.54, 1.807) is 13.0 Å². The molecule has 0 aliphatic rings. The van der Waals surface area contributed by atoms with Crippen molar-refractivity contribution in [1.29, 1.82) is 0 Å². The van der Waals surface area contributed by atoms with Crippen molar-refractivity contribution in [1.82, 2.24) is 8.87 Å². The average Bonchev–Trinajstić information content (AvgIpc) is 3.25. The lowest BCUT2D eigenvalue weighted by Gasteiger charge is -2.13. The quantitative estimate of drug-likeness (QED) is 0.187. The van der Waals surface area contributed by atoms with Gasteiger partial charge in [-0.25, -0.2) is 22.3 Å². The minimum atomic E-state index is -3.64. The molecule has 0 fully saturated rings. The summed E-state index contributed by atoms with van der Waals surface area (Å²) in [7, 11) is -0.758. The molecule has 4 aromatic carbocycles. The Labute approximate surface area is 232 Å². The molecule has 0 N–H and O–H groups in total. The smallest absolute Gasteiger partial charge is 0.343 e. The third-order valence-corrected chi connectivity index (χ3v) is 8.56. The molecule has 0 aliphatic carbocycles. The Morgan fingerprint density at radius 1 is 0.825 bits per heavy atom. The number of esters is 2. The second-order valence-corrected chi connectivity index (χ2v) is 11.5. The summed E-state index contributed by atoms with van der Waals surface area (Å²) in [6.07, 6.45) is 0. The molecule has 1 heterocycles. The van der Waals surface area contributed by atoms with Crippen LogP contribution in [0.15, 0.2) is 89.8 Å². The number of rotatable bonds is 7. The summed E-state index contributed by atoms with van der Waals surface area (Å²) in [6.45, 7) is 3.83. The number of para-hydroxylation sites is 1. The first-order valence-electron chi connectivity index (χ1n) is 12.7. The maximum atomic E-state index is 13.2. The van der Waals surface area contributed by atoms with Crippen LogP contribution in [-0.2, 0) is 14.8 Å². The number of nitrogens with zero attached hydrogens (tertiary/aromatic N) is 2. The predicted molar refractivity (Wildman–Crippen MR) is 154 cm³/mol. The third kappa shape index (κ3) is 4.63. The van der Waals surface area contributed by atoms with E-state index >= 15 is 0 Å². The van der Waals surface area contributed by atoms with Crippen molar-refractivity contribution in [3.63, 3.8) is 0 Å². The standard InChI is InChI=1S/C31H28N2O6S/c1-5-38-31(35)28-20(2)33(22-11-7-6-8-12-22)29-25-14-10-9-13-24(25)27(19-26(28)29)39-30(34)21-15-17-23(18-16-21)40(36,37)32(3)4/h6-19H,5H2,1-4H3. The molecule has 204 valence electrons. The fourth-order valence-electron chi connectivity index (χ4n) is 4.81. The second-order valence-electron chi connectivity index (χ2n) is 9.37. The molecule has 0 spiro atoms. The highest BCUT2D eigenvalue weighted by molar-refractivity contribution is 7.89. The minimum Gasteiger partial charge on any atom is -0.462 e. The van der Waals surface area contributed by atoms with Gasteiger partial charge in [0.1, 0.15) is 5.75 Å². The first-order chi connectivity index (χ1) is 19.1. The highest BCUT2D eigenvalue weighted by Crippen LogP contribution is 2.40. The number of carbonyl (C=O) groups is 2. The zero-order chi connectivity index (χ0) is 28.6. The van der Waals surface area contributed by atoms with Crippen LogP contribution < -0.4 is 4.74 Å². The van der Waals surface area contributed by atoms with Gasteiger partial charge in [-0.3, -0.25) is 0 Å². The lowest BCUT2D eigenvalue weighted by atomic mass is 10.0. The number of benzene rings is 4. The molecule has 0 saturated carbocycles. The van der Waals surface area contributed by atoms with Crippen LogP contribution in [0.5, 0.6) is 5.75 Å². The molecule has 5 rings (SSSR count). The second kappa shape index (κ2) is 10.6. The molecule has 0 atom stereocenters. The van der Waals surface area contributed by atoms with Crippen molar-refractivity contribution in [2.45, 2.75) is 18.7 Å². The minimum absolute atomic E-state index is 0.0673. The molecule has 8 nitrogen and oxygen atoms in total. The average molecular weight is 557 g/mol. The summed E-state index contributed by atoms with van der Waals surface area (Å²) in [4.78, 5) is 26.5. The summed E-state index contributed by atoms with van der Waals surface area (Å²) in [5, 5.41) is 2.06. The Morgan fingerprint density at radius 2 is 1.45 bits per heavy atom. The van der Waals surface area contributed by atoms with Crippen molar-refractivity contribution in [2.75, 3.05) is 20.7 Å². The molecule has 0 unspecified atom stereocenters. The zero-order valence-corrected chi connectivity index (χ0v) is 23.4. The van der Waals surface area contributed by atoms with Crippen molar-refractivity contribution in [2.24, 2.45) is 0 Å². The Kier molecular flexibility index (Phi) is 7.18. The van der Waals surface area contributed by atoms with Gasteiger partial charge in [0.2, 0.25) is 10.0 Å². The van der Waals surface area contributed by atoms with Crippen LogP contribution in [0.1, 0.15) is 33.3 Å². The van der Waals surface area contributed by atoms with Gasteiger partial charge in [0, 0.05) is 41.6 Å². The highest BCUT2D eigenvalue weighted by Gasteiger charge is 2.26. The lowest BCUT2D eigenvalue weighted by Crippen LogP contribution is -2.22. The molecular weight excluding hydrogens is 528 g/mol. The Bertz CT molecular complexity index is 1860. The van der Waals surface area contributed by atoms with E-state index in [0.717, 1.165) is 20.9 Å². The van der Waals surface area contributed by atoms with Gasteiger partial charge < -0.3 is 14.0 Å². The number of carbonyl (C=O) groups excluding carboxylic acids is 2. The van der Waals surface area contributed by atoms with Crippen LogP contribution in [-0.4, -0.2) is 49.9 Å². The molecule has 5 aromatic rings. The van der Waals surface area contributed by atoms with Crippen molar-refractivity contribution in [3.8, 4) is 11.4 Å². The number of sulfonamides is 1. The van der Waals surface area contributed by atoms with E-state index in [0.29, 0.717) is 22.0 Å². The molecule has 0 bridgehead atoms. The molecule has 9 heteroatoms. The Balaban J connectivity index is 1.68. The summed E-state index contributed by atoms with van der Waals surface area (Å²) in [5.74, 6) is -0.853. The van der Waals surface area contributed by atoms with Gasteiger partial charge in [-0.1, -0.05) is 42.5 Å². The monoisotopic (exact) mass is 556 g/mol. The van der Waals surface area contributed by atoms with E-state index in [2.05, 4.69) is 0 Å². The molecule has 0 amide bonds. The number of fused-ring (bicyclic) bond motifs is 3. The highest BCUT2D eigenvalue weighted by atomic mass is 32.2. The maximum Gasteiger partial charge on any atom is 0.343 e. The van der Waals surface area contributed by atoms with Crippen molar-refractivity contribution >= 4 is 43.6 Å². The van der Waals surface area contributed by atoms with Gasteiger partial charge >= 0.3 is 11.9 Å². The molecule has 40 heavy (non-hydrogen) atoms. The van der Waals surface area contributed by atoms with Gasteiger partial charge in [-0.05, 0) is 56.3 Å². The zero-order valence-electron chi connectivity index (χ0n) is 22.5. The predicted octanol–water partition coefficient (Wildman–Crippen LogP) is 5.74. The van der Waals surface area contributed by atoms with E-state index in [4.69, 9.17) is 9.47 Å².